The molecule has 0 aromatic carbocycles. The van der Waals surface area contributed by atoms with Crippen LogP contribution in [0.3, 0.4) is 0 Å². The third kappa shape index (κ3) is 14.9. The van der Waals surface area contributed by atoms with Gasteiger partial charge in [0.25, 0.3) is 0 Å². The Morgan fingerprint density at radius 1 is 0.605 bits per heavy atom. The van der Waals surface area contributed by atoms with Gasteiger partial charge >= 0.3 is 0 Å². The quantitative estimate of drug-likeness (QED) is 0.143. The molecule has 230 valence electrons. The van der Waals surface area contributed by atoms with Crippen LogP contribution in [-0.4, -0.2) is 99.2 Å². The molecule has 0 aromatic heterocycles. The normalized spacial score (nSPS) is 18.1. The molecule has 8 nitrogen and oxygen atoms in total. The topological polar surface area (TPSA) is 95.8 Å². The van der Waals surface area contributed by atoms with Crippen LogP contribution in [0.1, 0.15) is 101 Å². The molecule has 0 amide bonds. The lowest BCUT2D eigenvalue weighted by Crippen LogP contribution is -2.49. The van der Waals surface area contributed by atoms with Crippen LogP contribution in [0.5, 0.6) is 0 Å². The molecule has 4 atom stereocenters. The van der Waals surface area contributed by atoms with Crippen LogP contribution in [0.4, 0.5) is 0 Å². The molecule has 0 aromatic rings. The van der Waals surface area contributed by atoms with E-state index in [1.165, 1.54) is 0 Å². The number of hydrogen-bond acceptors (Lipinski definition) is 8. The van der Waals surface area contributed by atoms with Crippen molar-refractivity contribution >= 4 is 0 Å². The van der Waals surface area contributed by atoms with Crippen LogP contribution in [0.15, 0.2) is 0 Å². The maximum absolute atomic E-state index is 9.91. The van der Waals surface area contributed by atoms with Gasteiger partial charge < -0.3 is 38.6 Å². The van der Waals surface area contributed by atoms with Crippen LogP contribution < -0.4 is 0 Å². The fourth-order valence-electron chi connectivity index (χ4n) is 3.87. The molecule has 0 radical (unpaired) electrons. The summed E-state index contributed by atoms with van der Waals surface area (Å²) < 4.78 is 35.6. The van der Waals surface area contributed by atoms with Gasteiger partial charge in [-0.05, 0) is 66.2 Å². The Morgan fingerprint density at radius 3 is 1.74 bits per heavy atom. The summed E-state index contributed by atoms with van der Waals surface area (Å²) in [4.78, 5) is 0. The van der Waals surface area contributed by atoms with E-state index in [9.17, 15) is 5.11 Å². The Kier molecular flexibility index (Phi) is 19.5. The molecule has 0 heterocycles. The summed E-state index contributed by atoms with van der Waals surface area (Å²) >= 11 is 0. The minimum Gasteiger partial charge on any atom is -0.394 e. The summed E-state index contributed by atoms with van der Waals surface area (Å²) in [7, 11) is 0. The highest BCUT2D eigenvalue weighted by molar-refractivity contribution is 4.92. The molecule has 0 spiro atoms. The molecule has 38 heavy (non-hydrogen) atoms. The Labute approximate surface area is 234 Å². The lowest BCUT2D eigenvalue weighted by Gasteiger charge is -2.46. The van der Waals surface area contributed by atoms with Crippen molar-refractivity contribution in [2.45, 2.75) is 124 Å². The number of ether oxygens (including phenoxy) is 6. The van der Waals surface area contributed by atoms with Crippen LogP contribution >= 0.6 is 0 Å². The Bertz CT molecular complexity index is 574. The van der Waals surface area contributed by atoms with Crippen LogP contribution in [-0.2, 0) is 28.4 Å². The molecule has 0 saturated heterocycles. The molecule has 0 saturated carbocycles. The van der Waals surface area contributed by atoms with Crippen molar-refractivity contribution < 1.29 is 38.6 Å². The SMILES string of the molecule is CCCOCCOC(C)(CC)CCOC(C)(C)C(C)(CC)COC(C)(CC)CCOCC(O)COCCO. The summed E-state index contributed by atoms with van der Waals surface area (Å²) in [6.07, 6.45) is 4.56. The van der Waals surface area contributed by atoms with Crippen molar-refractivity contribution in [3.8, 4) is 0 Å². The van der Waals surface area contributed by atoms with Crippen molar-refractivity contribution in [3.63, 3.8) is 0 Å². The first-order valence-electron chi connectivity index (χ1n) is 14.8. The summed E-state index contributed by atoms with van der Waals surface area (Å²) in [5, 5.41) is 18.7. The number of rotatable bonds is 26. The van der Waals surface area contributed by atoms with E-state index in [2.05, 4.69) is 62.3 Å². The fourth-order valence-corrected chi connectivity index (χ4v) is 3.87. The first kappa shape index (κ1) is 37.7. The first-order valence-corrected chi connectivity index (χ1v) is 14.8. The molecule has 0 bridgehead atoms. The third-order valence-corrected chi connectivity index (χ3v) is 8.22. The largest absolute Gasteiger partial charge is 0.394 e. The van der Waals surface area contributed by atoms with E-state index in [-0.39, 0.29) is 48.6 Å². The Balaban J connectivity index is 4.76. The van der Waals surface area contributed by atoms with Crippen molar-refractivity contribution in [2.75, 3.05) is 66.1 Å². The maximum Gasteiger partial charge on any atom is 0.101 e. The standard InChI is InChI=1S/C30H62O8/c1-10-17-33-21-22-37-29(8,12-3)15-19-36-27(5,6)28(7,11-2)25-38-30(9,13-4)14-18-34-23-26(32)24-35-20-16-31/h26,31-32H,10-25H2,1-9H3. The highest BCUT2D eigenvalue weighted by atomic mass is 16.5. The van der Waals surface area contributed by atoms with Gasteiger partial charge in [-0.15, -0.1) is 0 Å². The fraction of sp³-hybridized carbons (Fsp3) is 1.00. The van der Waals surface area contributed by atoms with E-state index >= 15 is 0 Å². The molecule has 0 fully saturated rings. The predicted molar refractivity (Wildman–Crippen MR) is 153 cm³/mol. The van der Waals surface area contributed by atoms with E-state index in [0.717, 1.165) is 45.1 Å². The van der Waals surface area contributed by atoms with Crippen molar-refractivity contribution in [1.82, 2.24) is 0 Å². The summed E-state index contributed by atoms with van der Waals surface area (Å²) in [6, 6.07) is 0. The van der Waals surface area contributed by atoms with Crippen molar-refractivity contribution in [1.29, 1.82) is 0 Å². The second kappa shape index (κ2) is 19.7. The number of aliphatic hydroxyl groups excluding tert-OH is 2. The van der Waals surface area contributed by atoms with Gasteiger partial charge in [0, 0.05) is 18.6 Å². The van der Waals surface area contributed by atoms with Gasteiger partial charge in [0.1, 0.15) is 6.10 Å². The Morgan fingerprint density at radius 2 is 1.18 bits per heavy atom. The molecule has 0 aliphatic rings. The van der Waals surface area contributed by atoms with Crippen LogP contribution in [0.25, 0.3) is 0 Å². The average molecular weight is 551 g/mol. The zero-order valence-corrected chi connectivity index (χ0v) is 26.2. The third-order valence-electron chi connectivity index (χ3n) is 8.22. The molecular formula is C30H62O8. The molecule has 0 aliphatic heterocycles. The van der Waals surface area contributed by atoms with Crippen LogP contribution in [0.2, 0.25) is 0 Å². The van der Waals surface area contributed by atoms with E-state index in [4.69, 9.17) is 33.5 Å². The summed E-state index contributed by atoms with van der Waals surface area (Å²) in [5.74, 6) is 0. The van der Waals surface area contributed by atoms with Gasteiger partial charge in [0.15, 0.2) is 0 Å². The highest BCUT2D eigenvalue weighted by Gasteiger charge is 2.43. The molecule has 0 rings (SSSR count). The number of hydrogen-bond donors (Lipinski definition) is 2. The zero-order chi connectivity index (χ0) is 29.1. The predicted octanol–water partition coefficient (Wildman–Crippen LogP) is 5.16. The second-order valence-corrected chi connectivity index (χ2v) is 11.7. The minimum atomic E-state index is -0.703. The summed E-state index contributed by atoms with van der Waals surface area (Å²) in [6.45, 7) is 23.6. The van der Waals surface area contributed by atoms with Gasteiger partial charge in [-0.1, -0.05) is 34.6 Å². The lowest BCUT2D eigenvalue weighted by molar-refractivity contribution is -0.172. The van der Waals surface area contributed by atoms with Crippen molar-refractivity contribution in [3.05, 3.63) is 0 Å². The van der Waals surface area contributed by atoms with E-state index in [1.54, 1.807) is 0 Å². The minimum absolute atomic E-state index is 0.0557. The molecular weight excluding hydrogens is 488 g/mol. The average Bonchev–Trinajstić information content (AvgIpc) is 2.89. The number of aliphatic hydroxyl groups is 2. The molecule has 2 N–H and O–H groups in total. The van der Waals surface area contributed by atoms with E-state index in [0.29, 0.717) is 33.0 Å². The lowest BCUT2D eigenvalue weighted by atomic mass is 9.73. The molecule has 8 heteroatoms. The molecule has 0 aliphatic carbocycles. The van der Waals surface area contributed by atoms with Gasteiger partial charge in [-0.2, -0.15) is 0 Å². The van der Waals surface area contributed by atoms with Gasteiger partial charge in [-0.25, -0.2) is 0 Å². The summed E-state index contributed by atoms with van der Waals surface area (Å²) in [5.41, 5.74) is -1.13. The highest BCUT2D eigenvalue weighted by Crippen LogP contribution is 2.40. The van der Waals surface area contributed by atoms with Crippen molar-refractivity contribution in [2.24, 2.45) is 5.41 Å². The van der Waals surface area contributed by atoms with E-state index < -0.39 is 6.10 Å². The van der Waals surface area contributed by atoms with Gasteiger partial charge in [-0.3, -0.25) is 0 Å². The van der Waals surface area contributed by atoms with E-state index in [1.807, 2.05) is 0 Å². The monoisotopic (exact) mass is 550 g/mol. The zero-order valence-electron chi connectivity index (χ0n) is 26.2. The first-order chi connectivity index (χ1) is 17.9. The second-order valence-electron chi connectivity index (χ2n) is 11.7. The maximum atomic E-state index is 9.91. The molecule has 4 unspecified atom stereocenters. The van der Waals surface area contributed by atoms with Crippen LogP contribution in [0, 0.1) is 5.41 Å². The smallest absolute Gasteiger partial charge is 0.101 e. The van der Waals surface area contributed by atoms with Gasteiger partial charge in [0.05, 0.1) is 69.7 Å². The Hall–Kier alpha value is -0.320. The van der Waals surface area contributed by atoms with Gasteiger partial charge in [0.2, 0.25) is 0 Å².